The molecule has 0 aliphatic heterocycles. The zero-order chi connectivity index (χ0) is 23.3. The average Bonchev–Trinajstić information content (AvgIpc) is 2.75. The molecule has 0 radical (unpaired) electrons. The van der Waals surface area contributed by atoms with Crippen molar-refractivity contribution in [3.8, 4) is 17.2 Å². The highest BCUT2D eigenvalue weighted by Gasteiger charge is 2.17. The Morgan fingerprint density at radius 1 is 1.06 bits per heavy atom. The van der Waals surface area contributed by atoms with Crippen molar-refractivity contribution in [3.63, 3.8) is 0 Å². The highest BCUT2D eigenvalue weighted by molar-refractivity contribution is 6.02. The first-order chi connectivity index (χ1) is 15.2. The van der Waals surface area contributed by atoms with Gasteiger partial charge >= 0.3 is 12.0 Å². The number of hydrogen-bond donors (Lipinski definition) is 2. The molecule has 0 aliphatic rings. The highest BCUT2D eigenvalue weighted by atomic mass is 16.5. The summed E-state index contributed by atoms with van der Waals surface area (Å²) in [5.74, 6) is -0.518. The second-order valence-corrected chi connectivity index (χ2v) is 7.18. The molecule has 0 unspecified atom stereocenters. The van der Waals surface area contributed by atoms with Gasteiger partial charge in [0.25, 0.3) is 5.56 Å². The zero-order valence-electron chi connectivity index (χ0n) is 17.6. The summed E-state index contributed by atoms with van der Waals surface area (Å²) in [5, 5.41) is 24.1. The summed E-state index contributed by atoms with van der Waals surface area (Å²) in [6.45, 7) is 1.94. The second kappa shape index (κ2) is 9.69. The number of nitrogens with zero attached hydrogens (tertiary/aromatic N) is 1. The summed E-state index contributed by atoms with van der Waals surface area (Å²) < 4.78 is 7.11. The second-order valence-electron chi connectivity index (χ2n) is 7.18. The van der Waals surface area contributed by atoms with Gasteiger partial charge in [0.1, 0.15) is 17.9 Å². The predicted octanol–water partition coefficient (Wildman–Crippen LogP) is 2.39. The number of urea groups is 1. The molecule has 166 valence electrons. The molecule has 9 nitrogen and oxygen atoms in total. The Morgan fingerprint density at radius 2 is 1.75 bits per heavy atom. The Labute approximate surface area is 183 Å². The molecule has 0 spiro atoms. The van der Waals surface area contributed by atoms with Crippen molar-refractivity contribution in [2.45, 2.75) is 19.8 Å². The van der Waals surface area contributed by atoms with Crippen LogP contribution in [0.2, 0.25) is 0 Å². The minimum Gasteiger partial charge on any atom is -0.871 e. The van der Waals surface area contributed by atoms with Crippen molar-refractivity contribution >= 4 is 23.4 Å². The van der Waals surface area contributed by atoms with E-state index in [1.54, 1.807) is 30.3 Å². The molecule has 3 aromatic rings. The summed E-state index contributed by atoms with van der Waals surface area (Å²) in [6, 6.07) is 12.7. The Balaban J connectivity index is 1.92. The van der Waals surface area contributed by atoms with Crippen LogP contribution in [0.15, 0.2) is 59.5 Å². The van der Waals surface area contributed by atoms with Crippen LogP contribution in [0.4, 0.5) is 16.2 Å². The largest absolute Gasteiger partial charge is 0.871 e. The molecule has 0 saturated carbocycles. The monoisotopic (exact) mass is 437 g/mol. The average molecular weight is 437 g/mol. The first-order valence-corrected chi connectivity index (χ1v) is 9.80. The van der Waals surface area contributed by atoms with Crippen molar-refractivity contribution < 1.29 is 24.5 Å². The van der Waals surface area contributed by atoms with Gasteiger partial charge in [0, 0.05) is 18.0 Å². The molecule has 0 aliphatic carbocycles. The van der Waals surface area contributed by atoms with Crippen LogP contribution in [0, 0.1) is 6.92 Å². The number of pyridine rings is 1. The molecule has 2 aromatic carbocycles. The van der Waals surface area contributed by atoms with Crippen molar-refractivity contribution in [2.24, 2.45) is 7.05 Å². The van der Waals surface area contributed by atoms with E-state index in [9.17, 15) is 19.5 Å². The normalized spacial score (nSPS) is 10.4. The van der Waals surface area contributed by atoms with Crippen LogP contribution in [-0.4, -0.2) is 21.7 Å². The van der Waals surface area contributed by atoms with Crippen LogP contribution >= 0.6 is 0 Å². The quantitative estimate of drug-likeness (QED) is 0.547. The number of aryl methyl sites for hydroxylation is 3. The third kappa shape index (κ3) is 5.45. The number of para-hydroxylation sites is 1. The molecule has 1 aromatic heterocycles. The summed E-state index contributed by atoms with van der Waals surface area (Å²) in [4.78, 5) is 36.0. The number of anilines is 2. The molecule has 4 N–H and O–H groups in total. The van der Waals surface area contributed by atoms with E-state index in [-0.39, 0.29) is 24.2 Å². The fourth-order valence-corrected chi connectivity index (χ4v) is 2.98. The number of carbonyl (C=O) groups is 2. The van der Waals surface area contributed by atoms with Gasteiger partial charge in [0.05, 0.1) is 5.69 Å². The van der Waals surface area contributed by atoms with Gasteiger partial charge in [-0.2, -0.15) is 0 Å². The van der Waals surface area contributed by atoms with Gasteiger partial charge in [-0.3, -0.25) is 4.79 Å². The van der Waals surface area contributed by atoms with E-state index >= 15 is 0 Å². The Hall–Kier alpha value is -4.27. The Bertz CT molecular complexity index is 1200. The molecule has 0 saturated heterocycles. The van der Waals surface area contributed by atoms with E-state index < -0.39 is 23.3 Å². The number of hydrogen-bond acceptors (Lipinski definition) is 5. The molecule has 9 heteroatoms. The SMILES string of the molecule is Cc1ccc(Oc2cccc(CCC(=O)[OH2+])c2NC(=O)Nc2c([O-])ccn(C)c2=O)cc1. The maximum atomic E-state index is 12.7. The number of aromatic nitrogens is 1. The molecule has 1 heterocycles. The van der Waals surface area contributed by atoms with Gasteiger partial charge in [-0.25, -0.2) is 4.79 Å². The van der Waals surface area contributed by atoms with Crippen LogP contribution in [-0.2, 0) is 18.3 Å². The van der Waals surface area contributed by atoms with Crippen LogP contribution in [0.1, 0.15) is 17.5 Å². The smallest absolute Gasteiger partial charge is 0.516 e. The van der Waals surface area contributed by atoms with Crippen molar-refractivity contribution in [1.82, 2.24) is 4.57 Å². The lowest BCUT2D eigenvalue weighted by molar-refractivity contribution is -0.267. The lowest BCUT2D eigenvalue weighted by atomic mass is 10.1. The first-order valence-electron chi connectivity index (χ1n) is 9.80. The van der Waals surface area contributed by atoms with Crippen LogP contribution in [0.25, 0.3) is 0 Å². The summed E-state index contributed by atoms with van der Waals surface area (Å²) in [5.41, 5.74) is 0.862. The molecule has 32 heavy (non-hydrogen) atoms. The molecule has 0 bridgehead atoms. The Kier molecular flexibility index (Phi) is 6.79. The van der Waals surface area contributed by atoms with E-state index in [4.69, 9.17) is 9.84 Å². The van der Waals surface area contributed by atoms with Crippen molar-refractivity contribution in [1.29, 1.82) is 0 Å². The van der Waals surface area contributed by atoms with E-state index in [0.717, 1.165) is 5.56 Å². The predicted molar refractivity (Wildman–Crippen MR) is 118 cm³/mol. The third-order valence-electron chi connectivity index (χ3n) is 4.69. The number of benzene rings is 2. The molecule has 0 fully saturated rings. The molecule has 2 amide bonds. The van der Waals surface area contributed by atoms with Gasteiger partial charge in [0.2, 0.25) is 0 Å². The fraction of sp³-hybridized carbons (Fsp3) is 0.174. The van der Waals surface area contributed by atoms with Crippen LogP contribution in [0.5, 0.6) is 17.2 Å². The van der Waals surface area contributed by atoms with Crippen molar-refractivity contribution in [2.75, 3.05) is 10.6 Å². The number of rotatable bonds is 7. The fourth-order valence-electron chi connectivity index (χ4n) is 2.98. The number of nitrogens with one attached hydrogen (secondary N) is 2. The molecule has 3 rings (SSSR count). The lowest BCUT2D eigenvalue weighted by Crippen LogP contribution is -2.28. The van der Waals surface area contributed by atoms with Gasteiger partial charge in [-0.1, -0.05) is 41.6 Å². The van der Waals surface area contributed by atoms with E-state index in [1.807, 2.05) is 19.1 Å². The molecular weight excluding hydrogens is 414 g/mol. The third-order valence-corrected chi connectivity index (χ3v) is 4.69. The van der Waals surface area contributed by atoms with Gasteiger partial charge in [0.15, 0.2) is 5.75 Å². The van der Waals surface area contributed by atoms with Crippen molar-refractivity contribution in [3.05, 3.63) is 76.2 Å². The first kappa shape index (κ1) is 22.4. The van der Waals surface area contributed by atoms with Gasteiger partial charge in [-0.15, -0.1) is 0 Å². The van der Waals surface area contributed by atoms with Crippen LogP contribution in [0.3, 0.4) is 0 Å². The lowest BCUT2D eigenvalue weighted by Gasteiger charge is -2.18. The van der Waals surface area contributed by atoms with E-state index in [1.165, 1.54) is 23.9 Å². The number of ether oxygens (including phenoxy) is 1. The zero-order valence-corrected chi connectivity index (χ0v) is 17.6. The summed E-state index contributed by atoms with van der Waals surface area (Å²) in [6.07, 6.45) is 1.46. The maximum Gasteiger partial charge on any atom is 0.516 e. The summed E-state index contributed by atoms with van der Waals surface area (Å²) in [7, 11) is 1.46. The van der Waals surface area contributed by atoms with Gasteiger partial charge in [-0.05, 0) is 37.1 Å². The maximum absolute atomic E-state index is 12.7. The molecule has 0 atom stereocenters. The minimum atomic E-state index is -0.816. The molecular formula is C23H23N3O6. The van der Waals surface area contributed by atoms with Gasteiger partial charge < -0.3 is 30.2 Å². The standard InChI is InChI=1S/C23H23N3O6/c1-14-6-9-16(10-7-14)32-18-5-3-4-15(8-11-19(28)29)20(18)24-23(31)25-21-17(27)12-13-26(2)22(21)30/h3-7,9-10,12-13,27H,8,11H2,1-2H3,(H,28,29)(H2,24,25,31). The topological polar surface area (TPSA) is 135 Å². The Morgan fingerprint density at radius 3 is 2.44 bits per heavy atom. The number of amides is 2. The number of carbonyl (C=O) groups excluding carboxylic acids is 2. The minimum absolute atomic E-state index is 0.0474. The van der Waals surface area contributed by atoms with E-state index in [2.05, 4.69) is 10.6 Å². The summed E-state index contributed by atoms with van der Waals surface area (Å²) >= 11 is 0. The van der Waals surface area contributed by atoms with Crippen LogP contribution < -0.4 is 26.0 Å². The van der Waals surface area contributed by atoms with E-state index in [0.29, 0.717) is 17.1 Å². The highest BCUT2D eigenvalue weighted by Crippen LogP contribution is 2.33.